The molecule has 0 saturated heterocycles. The third kappa shape index (κ3) is 4.14. The van der Waals surface area contributed by atoms with Crippen LogP contribution in [0.3, 0.4) is 0 Å². The quantitative estimate of drug-likeness (QED) is 0.594. The number of guanidine groups is 1. The Kier molecular flexibility index (Phi) is 4.66. The highest BCUT2D eigenvalue weighted by atomic mass is 19.1. The lowest BCUT2D eigenvalue weighted by atomic mass is 9.91. The van der Waals surface area contributed by atoms with E-state index in [9.17, 15) is 9.18 Å². The molecule has 5 heteroatoms. The van der Waals surface area contributed by atoms with Gasteiger partial charge >= 0.3 is 0 Å². The van der Waals surface area contributed by atoms with Crippen LogP contribution in [0, 0.1) is 11.2 Å². The van der Waals surface area contributed by atoms with Crippen LogP contribution in [0.5, 0.6) is 0 Å². The summed E-state index contributed by atoms with van der Waals surface area (Å²) in [4.78, 5) is 12.2. The minimum atomic E-state index is -0.486. The molecule has 0 aliphatic carbocycles. The van der Waals surface area contributed by atoms with Gasteiger partial charge in [-0.05, 0) is 29.7 Å². The van der Waals surface area contributed by atoms with Gasteiger partial charge in [-0.2, -0.15) is 0 Å². The van der Waals surface area contributed by atoms with Crippen molar-refractivity contribution in [2.45, 2.75) is 12.3 Å². The fourth-order valence-electron chi connectivity index (χ4n) is 2.12. The summed E-state index contributed by atoms with van der Waals surface area (Å²) in [5.41, 5.74) is 6.88. The first-order chi connectivity index (χ1) is 10.1. The molecule has 0 fully saturated rings. The molecule has 2 aromatic carbocycles. The Morgan fingerprint density at radius 1 is 1.14 bits per heavy atom. The number of amides is 1. The molecule has 1 amide bonds. The summed E-state index contributed by atoms with van der Waals surface area (Å²) in [5.74, 6) is -1.54. The molecule has 0 bridgehead atoms. The normalized spacial score (nSPS) is 11.7. The maximum atomic E-state index is 13.0. The highest BCUT2D eigenvalue weighted by Gasteiger charge is 2.21. The lowest BCUT2D eigenvalue weighted by Crippen LogP contribution is -2.39. The van der Waals surface area contributed by atoms with Gasteiger partial charge in [-0.25, -0.2) is 4.39 Å². The van der Waals surface area contributed by atoms with Crippen molar-refractivity contribution in [2.75, 3.05) is 0 Å². The van der Waals surface area contributed by atoms with Gasteiger partial charge in [0.25, 0.3) is 0 Å². The Morgan fingerprint density at radius 2 is 1.76 bits per heavy atom. The van der Waals surface area contributed by atoms with Crippen molar-refractivity contribution in [1.82, 2.24) is 5.32 Å². The van der Waals surface area contributed by atoms with Gasteiger partial charge in [-0.15, -0.1) is 0 Å². The van der Waals surface area contributed by atoms with Gasteiger partial charge in [-0.1, -0.05) is 42.5 Å². The number of benzene rings is 2. The molecule has 0 spiro atoms. The summed E-state index contributed by atoms with van der Waals surface area (Å²) < 4.78 is 13.0. The zero-order valence-electron chi connectivity index (χ0n) is 11.3. The monoisotopic (exact) mass is 285 g/mol. The Bertz CT molecular complexity index is 626. The lowest BCUT2D eigenvalue weighted by molar-refractivity contribution is -0.121. The first kappa shape index (κ1) is 14.7. The van der Waals surface area contributed by atoms with Crippen LogP contribution in [0.25, 0.3) is 0 Å². The van der Waals surface area contributed by atoms with E-state index in [1.165, 1.54) is 12.1 Å². The molecule has 4 N–H and O–H groups in total. The summed E-state index contributed by atoms with van der Waals surface area (Å²) in [6.07, 6.45) is 0.406. The highest BCUT2D eigenvalue weighted by molar-refractivity contribution is 5.98. The van der Waals surface area contributed by atoms with Crippen molar-refractivity contribution in [3.05, 3.63) is 71.5 Å². The molecule has 0 saturated carbocycles. The first-order valence-corrected chi connectivity index (χ1v) is 6.50. The molecule has 0 aliphatic heterocycles. The van der Waals surface area contributed by atoms with Gasteiger partial charge in [-0.3, -0.25) is 15.5 Å². The van der Waals surface area contributed by atoms with E-state index in [1.807, 2.05) is 30.3 Å². The predicted molar refractivity (Wildman–Crippen MR) is 79.3 cm³/mol. The minimum absolute atomic E-state index is 0.316. The SMILES string of the molecule is N=C(N)NC(=O)[C@@H](Cc1ccc(F)cc1)c1ccccc1. The van der Waals surface area contributed by atoms with E-state index in [0.717, 1.165) is 11.1 Å². The summed E-state index contributed by atoms with van der Waals surface area (Å²) in [5, 5.41) is 9.51. The molecule has 0 aliphatic rings. The number of nitrogens with two attached hydrogens (primary N) is 1. The number of hydrogen-bond acceptors (Lipinski definition) is 2. The minimum Gasteiger partial charge on any atom is -0.370 e. The molecule has 108 valence electrons. The zero-order valence-corrected chi connectivity index (χ0v) is 11.3. The number of nitrogens with one attached hydrogen (secondary N) is 2. The molecule has 0 heterocycles. The van der Waals surface area contributed by atoms with Crippen molar-refractivity contribution in [2.24, 2.45) is 5.73 Å². The van der Waals surface area contributed by atoms with Crippen LogP contribution in [-0.2, 0) is 11.2 Å². The molecular formula is C16H16FN3O. The molecule has 2 aromatic rings. The third-order valence-electron chi connectivity index (χ3n) is 3.13. The highest BCUT2D eigenvalue weighted by Crippen LogP contribution is 2.21. The van der Waals surface area contributed by atoms with Crippen LogP contribution in [0.15, 0.2) is 54.6 Å². The Labute approximate surface area is 122 Å². The molecular weight excluding hydrogens is 269 g/mol. The van der Waals surface area contributed by atoms with Crippen molar-refractivity contribution in [1.29, 1.82) is 5.41 Å². The van der Waals surface area contributed by atoms with Crippen molar-refractivity contribution >= 4 is 11.9 Å². The molecule has 4 nitrogen and oxygen atoms in total. The second-order valence-electron chi connectivity index (χ2n) is 4.70. The van der Waals surface area contributed by atoms with Gasteiger partial charge in [0.1, 0.15) is 5.82 Å². The van der Waals surface area contributed by atoms with Gasteiger partial charge in [0.15, 0.2) is 5.96 Å². The number of carbonyl (C=O) groups excluding carboxylic acids is 1. The van der Waals surface area contributed by atoms with Gasteiger partial charge in [0.05, 0.1) is 5.92 Å². The second-order valence-corrected chi connectivity index (χ2v) is 4.70. The largest absolute Gasteiger partial charge is 0.370 e. The average molecular weight is 285 g/mol. The Hall–Kier alpha value is -2.69. The van der Waals surface area contributed by atoms with Crippen molar-refractivity contribution < 1.29 is 9.18 Å². The Balaban J connectivity index is 2.25. The molecule has 0 aromatic heterocycles. The van der Waals surface area contributed by atoms with Gasteiger partial charge < -0.3 is 5.73 Å². The summed E-state index contributed by atoms with van der Waals surface area (Å²) >= 11 is 0. The van der Waals surface area contributed by atoms with Crippen LogP contribution in [0.2, 0.25) is 0 Å². The fourth-order valence-corrected chi connectivity index (χ4v) is 2.12. The fraction of sp³-hybridized carbons (Fsp3) is 0.125. The van der Waals surface area contributed by atoms with Gasteiger partial charge in [0, 0.05) is 0 Å². The number of carbonyl (C=O) groups is 1. The molecule has 1 atom stereocenters. The maximum Gasteiger partial charge on any atom is 0.234 e. The second kappa shape index (κ2) is 6.65. The van der Waals surface area contributed by atoms with E-state index in [4.69, 9.17) is 11.1 Å². The number of halogens is 1. The Morgan fingerprint density at radius 3 is 2.33 bits per heavy atom. The molecule has 0 unspecified atom stereocenters. The van der Waals surface area contributed by atoms with Crippen molar-refractivity contribution in [3.63, 3.8) is 0 Å². The maximum absolute atomic E-state index is 13.0. The van der Waals surface area contributed by atoms with Crippen molar-refractivity contribution in [3.8, 4) is 0 Å². The third-order valence-corrected chi connectivity index (χ3v) is 3.13. The summed E-state index contributed by atoms with van der Waals surface area (Å²) in [6.45, 7) is 0. The first-order valence-electron chi connectivity index (χ1n) is 6.50. The van der Waals surface area contributed by atoms with Crippen LogP contribution >= 0.6 is 0 Å². The van der Waals surface area contributed by atoms with E-state index >= 15 is 0 Å². The van der Waals surface area contributed by atoms with Gasteiger partial charge in [0.2, 0.25) is 5.91 Å². The molecule has 0 radical (unpaired) electrons. The average Bonchev–Trinajstić information content (AvgIpc) is 2.46. The van der Waals surface area contributed by atoms with Crippen LogP contribution < -0.4 is 11.1 Å². The zero-order chi connectivity index (χ0) is 15.2. The van der Waals surface area contributed by atoms with Crippen LogP contribution in [0.1, 0.15) is 17.0 Å². The molecule has 21 heavy (non-hydrogen) atoms. The van der Waals surface area contributed by atoms with E-state index in [0.29, 0.717) is 6.42 Å². The summed E-state index contributed by atoms with van der Waals surface area (Å²) in [7, 11) is 0. The van der Waals surface area contributed by atoms with E-state index in [2.05, 4.69) is 5.32 Å². The van der Waals surface area contributed by atoms with E-state index < -0.39 is 5.92 Å². The smallest absolute Gasteiger partial charge is 0.234 e. The topological polar surface area (TPSA) is 79.0 Å². The lowest BCUT2D eigenvalue weighted by Gasteiger charge is -2.17. The summed E-state index contributed by atoms with van der Waals surface area (Å²) in [6, 6.07) is 15.2. The number of hydrogen-bond donors (Lipinski definition) is 3. The van der Waals surface area contributed by atoms with E-state index in [1.54, 1.807) is 12.1 Å². The predicted octanol–water partition coefficient (Wildman–Crippen LogP) is 2.16. The number of rotatable bonds is 4. The van der Waals surface area contributed by atoms with Crippen LogP contribution in [-0.4, -0.2) is 11.9 Å². The standard InChI is InChI=1S/C16H16FN3O/c17-13-8-6-11(7-9-13)10-14(15(21)20-16(18)19)12-4-2-1-3-5-12/h1-9,14H,10H2,(H4,18,19,20,21)/t14-/m0/s1. The molecule has 2 rings (SSSR count). The van der Waals surface area contributed by atoms with Crippen LogP contribution in [0.4, 0.5) is 4.39 Å². The van der Waals surface area contributed by atoms with E-state index in [-0.39, 0.29) is 17.7 Å².